The highest BCUT2D eigenvalue weighted by Crippen LogP contribution is 2.14. The number of aromatic amines is 1. The Morgan fingerprint density at radius 1 is 1.24 bits per heavy atom. The molecule has 0 radical (unpaired) electrons. The van der Waals surface area contributed by atoms with Gasteiger partial charge in [0.2, 0.25) is 5.91 Å². The lowest BCUT2D eigenvalue weighted by Gasteiger charge is -2.23. The van der Waals surface area contributed by atoms with Gasteiger partial charge in [0, 0.05) is 35.8 Å². The third-order valence-electron chi connectivity index (χ3n) is 3.61. The molecule has 0 aliphatic carbocycles. The third-order valence-corrected chi connectivity index (χ3v) is 3.61. The topological polar surface area (TPSA) is 65.2 Å². The molecule has 2 rings (SSSR count). The summed E-state index contributed by atoms with van der Waals surface area (Å²) in [5, 5.41) is 3.74. The zero-order valence-corrected chi connectivity index (χ0v) is 12.6. The number of rotatable bonds is 5. The van der Waals surface area contributed by atoms with Crippen molar-refractivity contribution in [1.82, 2.24) is 15.2 Å². The van der Waals surface area contributed by atoms with Crippen molar-refractivity contribution in [2.24, 2.45) is 0 Å². The molecule has 1 heterocycles. The van der Waals surface area contributed by atoms with Crippen LogP contribution >= 0.6 is 0 Å². The van der Waals surface area contributed by atoms with E-state index in [1.807, 2.05) is 38.2 Å². The average Bonchev–Trinajstić information content (AvgIpc) is 2.95. The normalized spacial score (nSPS) is 12.1. The zero-order chi connectivity index (χ0) is 15.4. The summed E-state index contributed by atoms with van der Waals surface area (Å²) < 4.78 is 0. The fraction of sp³-hybridized carbons (Fsp3) is 0.375. The van der Waals surface area contributed by atoms with E-state index in [0.29, 0.717) is 18.7 Å². The molecule has 0 saturated carbocycles. The van der Waals surface area contributed by atoms with Crippen molar-refractivity contribution >= 4 is 22.7 Å². The Morgan fingerprint density at radius 3 is 2.62 bits per heavy atom. The van der Waals surface area contributed by atoms with Crippen molar-refractivity contribution in [3.05, 3.63) is 36.0 Å². The Labute approximate surface area is 124 Å². The maximum atomic E-state index is 12.2. The van der Waals surface area contributed by atoms with Gasteiger partial charge in [0.15, 0.2) is 0 Å². The first kappa shape index (κ1) is 15.1. The van der Waals surface area contributed by atoms with Crippen LogP contribution in [0, 0.1) is 0 Å². The van der Waals surface area contributed by atoms with Gasteiger partial charge in [-0.1, -0.05) is 0 Å². The second kappa shape index (κ2) is 6.43. The van der Waals surface area contributed by atoms with Crippen molar-refractivity contribution < 1.29 is 9.59 Å². The largest absolute Gasteiger partial charge is 0.361 e. The summed E-state index contributed by atoms with van der Waals surface area (Å²) in [5.74, 6) is -0.290. The van der Waals surface area contributed by atoms with Gasteiger partial charge in [-0.25, -0.2) is 0 Å². The van der Waals surface area contributed by atoms with Crippen molar-refractivity contribution in [3.63, 3.8) is 0 Å². The van der Waals surface area contributed by atoms with Crippen LogP contribution < -0.4 is 5.32 Å². The second-order valence-electron chi connectivity index (χ2n) is 4.99. The molecule has 0 fully saturated rings. The first-order valence-corrected chi connectivity index (χ1v) is 7.23. The van der Waals surface area contributed by atoms with Crippen LogP contribution in [0.5, 0.6) is 0 Å². The number of amides is 2. The Bertz CT molecular complexity index is 644. The number of hydrogen-bond donors (Lipinski definition) is 2. The summed E-state index contributed by atoms with van der Waals surface area (Å²) in [5.41, 5.74) is 1.54. The fourth-order valence-corrected chi connectivity index (χ4v) is 2.35. The molecule has 0 aliphatic heterocycles. The highest BCUT2D eigenvalue weighted by Gasteiger charge is 2.20. The van der Waals surface area contributed by atoms with Crippen molar-refractivity contribution in [2.45, 2.75) is 26.8 Å². The van der Waals surface area contributed by atoms with Crippen LogP contribution in [0.4, 0.5) is 0 Å². The molecule has 0 bridgehead atoms. The van der Waals surface area contributed by atoms with E-state index in [4.69, 9.17) is 0 Å². The van der Waals surface area contributed by atoms with Crippen molar-refractivity contribution in [1.29, 1.82) is 0 Å². The Balaban J connectivity index is 2.08. The standard InChI is InChI=1S/C16H21N3O2/c1-4-19(5-2)16(21)11(3)18-15(20)13-6-7-14-12(10-13)8-9-17-14/h6-11,17H,4-5H2,1-3H3,(H,18,20). The minimum absolute atomic E-state index is 0.0592. The van der Waals surface area contributed by atoms with Crippen LogP contribution in [0.15, 0.2) is 30.5 Å². The number of H-pyrrole nitrogens is 1. The van der Waals surface area contributed by atoms with E-state index in [9.17, 15) is 9.59 Å². The fourth-order valence-electron chi connectivity index (χ4n) is 2.35. The molecule has 2 amide bonds. The van der Waals surface area contributed by atoms with Crippen LogP contribution in [0.1, 0.15) is 31.1 Å². The number of carbonyl (C=O) groups excluding carboxylic acids is 2. The third kappa shape index (κ3) is 3.24. The summed E-state index contributed by atoms with van der Waals surface area (Å²) in [4.78, 5) is 29.2. The summed E-state index contributed by atoms with van der Waals surface area (Å²) in [7, 11) is 0. The summed E-state index contributed by atoms with van der Waals surface area (Å²) in [6.45, 7) is 6.86. The molecule has 0 saturated heterocycles. The summed E-state index contributed by atoms with van der Waals surface area (Å²) in [6.07, 6.45) is 1.83. The second-order valence-corrected chi connectivity index (χ2v) is 4.99. The number of aromatic nitrogens is 1. The van der Waals surface area contributed by atoms with Crippen LogP contribution in [-0.4, -0.2) is 40.8 Å². The lowest BCUT2D eigenvalue weighted by Crippen LogP contribution is -2.46. The molecule has 21 heavy (non-hydrogen) atoms. The number of hydrogen-bond acceptors (Lipinski definition) is 2. The van der Waals surface area contributed by atoms with E-state index in [1.54, 1.807) is 17.9 Å². The molecule has 0 aliphatic rings. The van der Waals surface area contributed by atoms with E-state index in [-0.39, 0.29) is 11.8 Å². The van der Waals surface area contributed by atoms with Gasteiger partial charge in [-0.05, 0) is 45.0 Å². The average molecular weight is 287 g/mol. The molecular weight excluding hydrogens is 266 g/mol. The minimum Gasteiger partial charge on any atom is -0.361 e. The molecule has 5 heteroatoms. The SMILES string of the molecule is CCN(CC)C(=O)C(C)NC(=O)c1ccc2[nH]ccc2c1. The molecular formula is C16H21N3O2. The first-order chi connectivity index (χ1) is 10.1. The van der Waals surface area contributed by atoms with Crippen LogP contribution in [0.2, 0.25) is 0 Å². The van der Waals surface area contributed by atoms with E-state index in [0.717, 1.165) is 10.9 Å². The minimum atomic E-state index is -0.528. The van der Waals surface area contributed by atoms with Crippen molar-refractivity contribution in [3.8, 4) is 0 Å². The van der Waals surface area contributed by atoms with Crippen LogP contribution in [-0.2, 0) is 4.79 Å². The van der Waals surface area contributed by atoms with Gasteiger partial charge in [0.1, 0.15) is 6.04 Å². The van der Waals surface area contributed by atoms with Gasteiger partial charge in [0.05, 0.1) is 0 Å². The van der Waals surface area contributed by atoms with Gasteiger partial charge in [-0.2, -0.15) is 0 Å². The van der Waals surface area contributed by atoms with Crippen LogP contribution in [0.25, 0.3) is 10.9 Å². The van der Waals surface area contributed by atoms with E-state index >= 15 is 0 Å². The maximum Gasteiger partial charge on any atom is 0.251 e. The van der Waals surface area contributed by atoms with Gasteiger partial charge < -0.3 is 15.2 Å². The number of carbonyl (C=O) groups is 2. The molecule has 2 aromatic rings. The molecule has 1 atom stereocenters. The van der Waals surface area contributed by atoms with Gasteiger partial charge in [0.25, 0.3) is 5.91 Å². The smallest absolute Gasteiger partial charge is 0.251 e. The van der Waals surface area contributed by atoms with Gasteiger partial charge in [-0.3, -0.25) is 9.59 Å². The lowest BCUT2D eigenvalue weighted by molar-refractivity contribution is -0.132. The Hall–Kier alpha value is -2.30. The number of benzene rings is 1. The van der Waals surface area contributed by atoms with Crippen molar-refractivity contribution in [2.75, 3.05) is 13.1 Å². The molecule has 5 nitrogen and oxygen atoms in total. The number of nitrogens with one attached hydrogen (secondary N) is 2. The molecule has 112 valence electrons. The predicted molar refractivity (Wildman–Crippen MR) is 83.2 cm³/mol. The van der Waals surface area contributed by atoms with E-state index < -0.39 is 6.04 Å². The lowest BCUT2D eigenvalue weighted by atomic mass is 10.1. The summed E-state index contributed by atoms with van der Waals surface area (Å²) >= 11 is 0. The summed E-state index contributed by atoms with van der Waals surface area (Å²) in [6, 6.07) is 6.82. The molecule has 1 unspecified atom stereocenters. The van der Waals surface area contributed by atoms with E-state index in [2.05, 4.69) is 10.3 Å². The highest BCUT2D eigenvalue weighted by atomic mass is 16.2. The van der Waals surface area contributed by atoms with Crippen LogP contribution in [0.3, 0.4) is 0 Å². The van der Waals surface area contributed by atoms with E-state index in [1.165, 1.54) is 0 Å². The molecule has 1 aromatic heterocycles. The Kier molecular flexibility index (Phi) is 4.62. The first-order valence-electron chi connectivity index (χ1n) is 7.23. The van der Waals surface area contributed by atoms with Gasteiger partial charge >= 0.3 is 0 Å². The molecule has 0 spiro atoms. The number of nitrogens with zero attached hydrogens (tertiary/aromatic N) is 1. The Morgan fingerprint density at radius 2 is 1.95 bits per heavy atom. The predicted octanol–water partition coefficient (Wildman–Crippen LogP) is 2.15. The quantitative estimate of drug-likeness (QED) is 0.885. The highest BCUT2D eigenvalue weighted by molar-refractivity contribution is 6.00. The number of likely N-dealkylation sites (N-methyl/N-ethyl adjacent to an activating group) is 1. The monoisotopic (exact) mass is 287 g/mol. The van der Waals surface area contributed by atoms with Gasteiger partial charge in [-0.15, -0.1) is 0 Å². The maximum absolute atomic E-state index is 12.2. The number of fused-ring (bicyclic) bond motifs is 1. The molecule has 2 N–H and O–H groups in total. The molecule has 1 aromatic carbocycles. The zero-order valence-electron chi connectivity index (χ0n) is 12.6.